The molecule has 2 fully saturated rings. The van der Waals surface area contributed by atoms with E-state index in [1.54, 1.807) is 0 Å². The highest BCUT2D eigenvalue weighted by Gasteiger charge is 2.42. The lowest BCUT2D eigenvalue weighted by atomic mass is 9.96. The number of ether oxygens (including phenoxy) is 1. The molecule has 2 heteroatoms. The third kappa shape index (κ3) is 2.60. The summed E-state index contributed by atoms with van der Waals surface area (Å²) in [4.78, 5) is 0. The van der Waals surface area contributed by atoms with E-state index < -0.39 is 0 Å². The van der Waals surface area contributed by atoms with Crippen LogP contribution in [0.2, 0.25) is 0 Å². The van der Waals surface area contributed by atoms with Crippen LogP contribution in [-0.2, 0) is 11.2 Å². The maximum atomic E-state index is 5.57. The molecular weight excluding hydrogens is 222 g/mol. The van der Waals surface area contributed by atoms with Gasteiger partial charge in [0, 0.05) is 13.7 Å². The van der Waals surface area contributed by atoms with Crippen LogP contribution in [0.5, 0.6) is 0 Å². The summed E-state index contributed by atoms with van der Waals surface area (Å²) in [5, 5.41) is 3.43. The molecule has 0 amide bonds. The van der Waals surface area contributed by atoms with Crippen molar-refractivity contribution in [1.29, 1.82) is 0 Å². The minimum Gasteiger partial charge on any atom is -0.378 e. The van der Waals surface area contributed by atoms with E-state index in [9.17, 15) is 0 Å². The van der Waals surface area contributed by atoms with Gasteiger partial charge in [0.1, 0.15) is 0 Å². The fourth-order valence-electron chi connectivity index (χ4n) is 2.96. The van der Waals surface area contributed by atoms with Crippen molar-refractivity contribution in [3.63, 3.8) is 0 Å². The van der Waals surface area contributed by atoms with Crippen molar-refractivity contribution in [1.82, 2.24) is 5.32 Å². The van der Waals surface area contributed by atoms with Gasteiger partial charge in [-0.05, 0) is 55.7 Å². The van der Waals surface area contributed by atoms with Crippen LogP contribution in [0.4, 0.5) is 0 Å². The molecule has 1 saturated carbocycles. The Labute approximate surface area is 110 Å². The van der Waals surface area contributed by atoms with Gasteiger partial charge in [-0.3, -0.25) is 0 Å². The summed E-state index contributed by atoms with van der Waals surface area (Å²) >= 11 is 0. The maximum absolute atomic E-state index is 5.57. The molecular formula is C16H23NO. The molecule has 0 bridgehead atoms. The molecule has 1 N–H and O–H groups in total. The number of nitrogens with one attached hydrogen (secondary N) is 1. The summed E-state index contributed by atoms with van der Waals surface area (Å²) in [5.41, 5.74) is 3.18. The van der Waals surface area contributed by atoms with Crippen molar-refractivity contribution >= 4 is 0 Å². The lowest BCUT2D eigenvalue weighted by Crippen LogP contribution is -2.12. The Kier molecular flexibility index (Phi) is 3.40. The average Bonchev–Trinajstić information content (AvgIpc) is 3.00. The number of methoxy groups -OCH3 is 1. The molecule has 3 rings (SSSR count). The third-order valence-electron chi connectivity index (χ3n) is 4.62. The zero-order valence-corrected chi connectivity index (χ0v) is 11.2. The third-order valence-corrected chi connectivity index (χ3v) is 4.62. The second-order valence-electron chi connectivity index (χ2n) is 5.82. The molecule has 1 aliphatic heterocycles. The normalized spacial score (nSPS) is 25.3. The predicted octanol–water partition coefficient (Wildman–Crippen LogP) is 2.88. The van der Waals surface area contributed by atoms with Crippen LogP contribution < -0.4 is 5.32 Å². The maximum Gasteiger partial charge on any atom is 0.0684 e. The Bertz CT molecular complexity index is 388. The molecule has 1 unspecified atom stereocenters. The number of aryl methyl sites for hydroxylation is 1. The summed E-state index contributed by atoms with van der Waals surface area (Å²) in [5.74, 6) is 0.729. The van der Waals surface area contributed by atoms with Crippen molar-refractivity contribution in [2.75, 3.05) is 20.2 Å². The standard InChI is InChI=1S/C16H23NO/c1-18-16(9-10-16)8-6-13-2-4-14(5-3-13)15-7-11-17-12-15/h2-5,15,17H,6-12H2,1H3. The largest absolute Gasteiger partial charge is 0.378 e. The zero-order valence-electron chi connectivity index (χ0n) is 11.2. The average molecular weight is 245 g/mol. The van der Waals surface area contributed by atoms with Crippen LogP contribution in [0.1, 0.15) is 42.7 Å². The summed E-state index contributed by atoms with van der Waals surface area (Å²) in [6.45, 7) is 2.31. The van der Waals surface area contributed by atoms with Gasteiger partial charge in [-0.2, -0.15) is 0 Å². The lowest BCUT2D eigenvalue weighted by molar-refractivity contribution is 0.0731. The van der Waals surface area contributed by atoms with Crippen LogP contribution in [0.3, 0.4) is 0 Å². The molecule has 2 aliphatic rings. The minimum absolute atomic E-state index is 0.230. The van der Waals surface area contributed by atoms with Gasteiger partial charge in [-0.25, -0.2) is 0 Å². The monoisotopic (exact) mass is 245 g/mol. The first-order valence-electron chi connectivity index (χ1n) is 7.16. The Hall–Kier alpha value is -0.860. The number of hydrogen-bond donors (Lipinski definition) is 1. The van der Waals surface area contributed by atoms with Crippen LogP contribution in [0, 0.1) is 0 Å². The highest BCUT2D eigenvalue weighted by atomic mass is 16.5. The molecule has 2 nitrogen and oxygen atoms in total. The van der Waals surface area contributed by atoms with Gasteiger partial charge >= 0.3 is 0 Å². The molecule has 0 spiro atoms. The highest BCUT2D eigenvalue weighted by Crippen LogP contribution is 2.42. The van der Waals surface area contributed by atoms with Gasteiger partial charge in [0.05, 0.1) is 5.60 Å². The van der Waals surface area contributed by atoms with E-state index in [0.717, 1.165) is 18.9 Å². The Morgan fingerprint density at radius 2 is 2.06 bits per heavy atom. The molecule has 0 radical (unpaired) electrons. The first-order chi connectivity index (χ1) is 8.81. The van der Waals surface area contributed by atoms with Crippen LogP contribution in [-0.4, -0.2) is 25.8 Å². The highest BCUT2D eigenvalue weighted by molar-refractivity contribution is 5.26. The minimum atomic E-state index is 0.230. The van der Waals surface area contributed by atoms with Crippen molar-refractivity contribution in [2.24, 2.45) is 0 Å². The quantitative estimate of drug-likeness (QED) is 0.861. The van der Waals surface area contributed by atoms with E-state index >= 15 is 0 Å². The molecule has 98 valence electrons. The Morgan fingerprint density at radius 1 is 1.28 bits per heavy atom. The van der Waals surface area contributed by atoms with Gasteiger partial charge in [0.2, 0.25) is 0 Å². The van der Waals surface area contributed by atoms with Crippen LogP contribution in [0.25, 0.3) is 0 Å². The first kappa shape index (κ1) is 12.2. The van der Waals surface area contributed by atoms with Gasteiger partial charge < -0.3 is 10.1 Å². The summed E-state index contributed by atoms with van der Waals surface area (Å²) in [7, 11) is 1.85. The van der Waals surface area contributed by atoms with E-state index in [1.807, 2.05) is 7.11 Å². The van der Waals surface area contributed by atoms with Crippen LogP contribution in [0.15, 0.2) is 24.3 Å². The summed E-state index contributed by atoms with van der Waals surface area (Å²) in [6.07, 6.45) is 6.10. The topological polar surface area (TPSA) is 21.3 Å². The fraction of sp³-hybridized carbons (Fsp3) is 0.625. The van der Waals surface area contributed by atoms with Gasteiger partial charge in [-0.15, -0.1) is 0 Å². The van der Waals surface area contributed by atoms with E-state index in [1.165, 1.54) is 43.4 Å². The summed E-state index contributed by atoms with van der Waals surface area (Å²) < 4.78 is 5.57. The van der Waals surface area contributed by atoms with E-state index in [-0.39, 0.29) is 5.60 Å². The molecule has 1 aromatic carbocycles. The van der Waals surface area contributed by atoms with Gasteiger partial charge in [0.15, 0.2) is 0 Å². The van der Waals surface area contributed by atoms with Gasteiger partial charge in [-0.1, -0.05) is 24.3 Å². The number of rotatable bonds is 5. The smallest absolute Gasteiger partial charge is 0.0684 e. The number of benzene rings is 1. The fourth-order valence-corrected chi connectivity index (χ4v) is 2.96. The second kappa shape index (κ2) is 5.02. The Balaban J connectivity index is 1.57. The predicted molar refractivity (Wildman–Crippen MR) is 74.0 cm³/mol. The molecule has 0 aromatic heterocycles. The SMILES string of the molecule is COC1(CCc2ccc(C3CCNC3)cc2)CC1. The Morgan fingerprint density at radius 3 is 2.61 bits per heavy atom. The molecule has 1 aliphatic carbocycles. The molecule has 1 saturated heterocycles. The molecule has 1 atom stereocenters. The second-order valence-corrected chi connectivity index (χ2v) is 5.82. The van der Waals surface area contributed by atoms with Crippen LogP contribution >= 0.6 is 0 Å². The zero-order chi connectivity index (χ0) is 12.4. The molecule has 18 heavy (non-hydrogen) atoms. The van der Waals surface area contributed by atoms with Crippen molar-refractivity contribution in [3.8, 4) is 0 Å². The van der Waals surface area contributed by atoms with Crippen molar-refractivity contribution in [3.05, 3.63) is 35.4 Å². The van der Waals surface area contributed by atoms with E-state index in [2.05, 4.69) is 29.6 Å². The molecule has 1 heterocycles. The van der Waals surface area contributed by atoms with E-state index in [4.69, 9.17) is 4.74 Å². The van der Waals surface area contributed by atoms with Crippen molar-refractivity contribution < 1.29 is 4.74 Å². The van der Waals surface area contributed by atoms with Crippen molar-refractivity contribution in [2.45, 2.75) is 43.6 Å². The first-order valence-corrected chi connectivity index (χ1v) is 7.16. The van der Waals surface area contributed by atoms with Gasteiger partial charge in [0.25, 0.3) is 0 Å². The molecule has 1 aromatic rings. The summed E-state index contributed by atoms with van der Waals surface area (Å²) in [6, 6.07) is 9.25. The number of hydrogen-bond acceptors (Lipinski definition) is 2. The van der Waals surface area contributed by atoms with E-state index in [0.29, 0.717) is 0 Å². The lowest BCUT2D eigenvalue weighted by Gasteiger charge is -2.13.